The van der Waals surface area contributed by atoms with Crippen molar-refractivity contribution in [1.82, 2.24) is 15.3 Å². The molecule has 142 valence electrons. The first kappa shape index (κ1) is 17.8. The lowest BCUT2D eigenvalue weighted by molar-refractivity contribution is -0.0222. The number of halogens is 2. The molecule has 5 nitrogen and oxygen atoms in total. The van der Waals surface area contributed by atoms with E-state index in [1.165, 1.54) is 5.56 Å². The molecule has 1 fully saturated rings. The molecule has 0 saturated carbocycles. The van der Waals surface area contributed by atoms with Crippen LogP contribution in [0.4, 0.5) is 14.6 Å². The van der Waals surface area contributed by atoms with Gasteiger partial charge in [-0.3, -0.25) is 4.79 Å². The molecule has 1 saturated heterocycles. The normalized spacial score (nSPS) is 18.7. The zero-order valence-electron chi connectivity index (χ0n) is 15.0. The van der Waals surface area contributed by atoms with Gasteiger partial charge in [0.15, 0.2) is 0 Å². The molecule has 27 heavy (non-hydrogen) atoms. The first-order chi connectivity index (χ1) is 13.0. The van der Waals surface area contributed by atoms with Crippen LogP contribution in [0.15, 0.2) is 30.3 Å². The van der Waals surface area contributed by atoms with Gasteiger partial charge in [0.2, 0.25) is 0 Å². The number of nitrogens with one attached hydrogen (secondary N) is 1. The smallest absolute Gasteiger partial charge is 0.270 e. The van der Waals surface area contributed by atoms with E-state index in [-0.39, 0.29) is 31.8 Å². The maximum atomic E-state index is 13.6. The predicted octanol–water partition coefficient (Wildman–Crippen LogP) is 2.78. The number of piperidine rings is 1. The number of carbonyl (C=O) groups is 1. The van der Waals surface area contributed by atoms with E-state index in [0.29, 0.717) is 36.7 Å². The molecule has 0 atom stereocenters. The topological polar surface area (TPSA) is 58.1 Å². The summed E-state index contributed by atoms with van der Waals surface area (Å²) in [4.78, 5) is 23.4. The highest BCUT2D eigenvalue weighted by Crippen LogP contribution is 2.32. The molecule has 1 N–H and O–H groups in total. The second-order valence-corrected chi connectivity index (χ2v) is 7.13. The largest absolute Gasteiger partial charge is 0.356 e. The second-order valence-electron chi connectivity index (χ2n) is 7.13. The fourth-order valence-corrected chi connectivity index (χ4v) is 3.64. The fraction of sp³-hybridized carbons (Fsp3) is 0.450. The number of hydrogen-bond donors (Lipinski definition) is 1. The van der Waals surface area contributed by atoms with E-state index in [0.717, 1.165) is 12.0 Å². The Hall–Kier alpha value is -2.57. The van der Waals surface area contributed by atoms with Gasteiger partial charge in [0.25, 0.3) is 11.8 Å². The Bertz CT molecular complexity index is 831. The lowest BCUT2D eigenvalue weighted by Crippen LogP contribution is -2.42. The summed E-state index contributed by atoms with van der Waals surface area (Å²) in [5.41, 5.74) is 2.35. The highest BCUT2D eigenvalue weighted by molar-refractivity contribution is 5.96. The molecule has 2 aliphatic heterocycles. The Kier molecular flexibility index (Phi) is 4.76. The third-order valence-electron chi connectivity index (χ3n) is 5.18. The van der Waals surface area contributed by atoms with E-state index in [1.54, 1.807) is 0 Å². The van der Waals surface area contributed by atoms with E-state index in [9.17, 15) is 13.6 Å². The third-order valence-corrected chi connectivity index (χ3v) is 5.18. The number of alkyl halides is 2. The minimum Gasteiger partial charge on any atom is -0.356 e. The average molecular weight is 372 g/mol. The molecular weight excluding hydrogens is 350 g/mol. The summed E-state index contributed by atoms with van der Waals surface area (Å²) in [6.45, 7) is 1.02. The number of hydrogen-bond acceptors (Lipinski definition) is 4. The van der Waals surface area contributed by atoms with Crippen molar-refractivity contribution in [2.75, 3.05) is 24.5 Å². The molecule has 1 aromatic heterocycles. The van der Waals surface area contributed by atoms with Gasteiger partial charge in [0, 0.05) is 44.5 Å². The number of fused-ring (bicyclic) bond motifs is 1. The van der Waals surface area contributed by atoms with Crippen LogP contribution >= 0.6 is 0 Å². The number of aromatic nitrogens is 2. The lowest BCUT2D eigenvalue weighted by Gasteiger charge is -2.34. The van der Waals surface area contributed by atoms with Crippen molar-refractivity contribution in [3.05, 3.63) is 53.0 Å². The Balaban J connectivity index is 1.63. The Morgan fingerprint density at radius 3 is 2.56 bits per heavy atom. The molecule has 1 aromatic carbocycles. The van der Waals surface area contributed by atoms with Gasteiger partial charge in [-0.15, -0.1) is 0 Å². The molecule has 0 aliphatic carbocycles. The van der Waals surface area contributed by atoms with Crippen LogP contribution in [0.5, 0.6) is 0 Å². The van der Waals surface area contributed by atoms with Gasteiger partial charge >= 0.3 is 0 Å². The minimum absolute atomic E-state index is 0.183. The minimum atomic E-state index is -2.61. The Morgan fingerprint density at radius 1 is 1.07 bits per heavy atom. The second kappa shape index (κ2) is 7.21. The van der Waals surface area contributed by atoms with Crippen LogP contribution in [0.3, 0.4) is 0 Å². The van der Waals surface area contributed by atoms with E-state index in [2.05, 4.69) is 10.3 Å². The Morgan fingerprint density at radius 2 is 1.81 bits per heavy atom. The van der Waals surface area contributed by atoms with Gasteiger partial charge in [-0.1, -0.05) is 30.3 Å². The summed E-state index contributed by atoms with van der Waals surface area (Å²) in [5, 5.41) is 2.81. The van der Waals surface area contributed by atoms with Gasteiger partial charge in [0.05, 0.1) is 0 Å². The lowest BCUT2D eigenvalue weighted by atomic mass is 10.0. The van der Waals surface area contributed by atoms with Crippen molar-refractivity contribution in [3.8, 4) is 0 Å². The molecule has 7 heteroatoms. The first-order valence-corrected chi connectivity index (χ1v) is 9.36. The summed E-state index contributed by atoms with van der Waals surface area (Å²) >= 11 is 0. The van der Waals surface area contributed by atoms with E-state index < -0.39 is 5.92 Å². The maximum absolute atomic E-state index is 13.6. The van der Waals surface area contributed by atoms with E-state index >= 15 is 0 Å². The van der Waals surface area contributed by atoms with E-state index in [4.69, 9.17) is 4.98 Å². The zero-order chi connectivity index (χ0) is 18.9. The molecular formula is C20H22F2N4O. The number of benzene rings is 1. The molecule has 3 heterocycles. The number of amides is 1. The van der Waals surface area contributed by atoms with Crippen LogP contribution in [0.2, 0.25) is 0 Å². The summed E-state index contributed by atoms with van der Waals surface area (Å²) in [6, 6.07) is 10.0. The quantitative estimate of drug-likeness (QED) is 0.897. The van der Waals surface area contributed by atoms with Crippen molar-refractivity contribution < 1.29 is 13.6 Å². The SMILES string of the molecule is O=C1NCCc2c1nc(CCc1ccccc1)nc2N1CCC(F)(F)CC1. The van der Waals surface area contributed by atoms with Gasteiger partial charge in [0.1, 0.15) is 17.3 Å². The molecule has 0 radical (unpaired) electrons. The van der Waals surface area contributed by atoms with Gasteiger partial charge in [-0.2, -0.15) is 0 Å². The van der Waals surface area contributed by atoms with Crippen LogP contribution in [0.1, 0.15) is 40.3 Å². The molecule has 0 bridgehead atoms. The zero-order valence-corrected chi connectivity index (χ0v) is 15.0. The number of rotatable bonds is 4. The van der Waals surface area contributed by atoms with Crippen LogP contribution < -0.4 is 10.2 Å². The molecule has 4 rings (SSSR count). The summed E-state index contributed by atoms with van der Waals surface area (Å²) in [5.74, 6) is -1.57. The molecule has 2 aliphatic rings. The van der Waals surface area contributed by atoms with Crippen molar-refractivity contribution in [1.29, 1.82) is 0 Å². The van der Waals surface area contributed by atoms with Crippen LogP contribution in [-0.2, 0) is 19.3 Å². The molecule has 0 unspecified atom stereocenters. The number of aryl methyl sites for hydroxylation is 2. The van der Waals surface area contributed by atoms with Crippen LogP contribution in [0.25, 0.3) is 0 Å². The van der Waals surface area contributed by atoms with Crippen molar-refractivity contribution in [3.63, 3.8) is 0 Å². The monoisotopic (exact) mass is 372 g/mol. The molecule has 2 aromatic rings. The highest BCUT2D eigenvalue weighted by Gasteiger charge is 2.36. The average Bonchev–Trinajstić information content (AvgIpc) is 2.67. The number of nitrogens with zero attached hydrogens (tertiary/aromatic N) is 3. The summed E-state index contributed by atoms with van der Waals surface area (Å²) in [6.07, 6.45) is 1.62. The third kappa shape index (κ3) is 3.91. The van der Waals surface area contributed by atoms with E-state index in [1.807, 2.05) is 35.2 Å². The van der Waals surface area contributed by atoms with Crippen LogP contribution in [-0.4, -0.2) is 41.4 Å². The first-order valence-electron chi connectivity index (χ1n) is 9.36. The summed E-state index contributed by atoms with van der Waals surface area (Å²) < 4.78 is 27.1. The molecule has 0 spiro atoms. The number of carbonyl (C=O) groups excluding carboxylic acids is 1. The van der Waals surface area contributed by atoms with Crippen molar-refractivity contribution >= 4 is 11.7 Å². The van der Waals surface area contributed by atoms with Gasteiger partial charge in [-0.05, 0) is 18.4 Å². The highest BCUT2D eigenvalue weighted by atomic mass is 19.3. The summed E-state index contributed by atoms with van der Waals surface area (Å²) in [7, 11) is 0. The van der Waals surface area contributed by atoms with Crippen molar-refractivity contribution in [2.45, 2.75) is 38.0 Å². The standard InChI is InChI=1S/C20H22F2N4O/c21-20(22)9-12-26(13-10-20)18-15-8-11-23-19(27)17(15)24-16(25-18)7-6-14-4-2-1-3-5-14/h1-5H,6-13H2,(H,23,27). The number of anilines is 1. The predicted molar refractivity (Wildman–Crippen MR) is 98.3 cm³/mol. The van der Waals surface area contributed by atoms with Gasteiger partial charge in [-0.25, -0.2) is 18.7 Å². The van der Waals surface area contributed by atoms with Crippen LogP contribution in [0, 0.1) is 0 Å². The fourth-order valence-electron chi connectivity index (χ4n) is 3.64. The maximum Gasteiger partial charge on any atom is 0.270 e. The Labute approximate surface area is 156 Å². The molecule has 1 amide bonds. The van der Waals surface area contributed by atoms with Gasteiger partial charge < -0.3 is 10.2 Å². The van der Waals surface area contributed by atoms with Crippen molar-refractivity contribution in [2.24, 2.45) is 0 Å².